The van der Waals surface area contributed by atoms with Crippen LogP contribution in [0.25, 0.3) is 0 Å². The number of aliphatic carboxylic acids is 1. The minimum atomic E-state index is -0.990. The van der Waals surface area contributed by atoms with E-state index in [0.717, 1.165) is 24.6 Å². The summed E-state index contributed by atoms with van der Waals surface area (Å²) in [5.74, 6) is -2.82. The first kappa shape index (κ1) is 14.6. The molecule has 1 aromatic rings. The van der Waals surface area contributed by atoms with Gasteiger partial charge in [0.25, 0.3) is 0 Å². The zero-order valence-electron chi connectivity index (χ0n) is 10.0. The Morgan fingerprint density at radius 3 is 2.67 bits per heavy atom. The van der Waals surface area contributed by atoms with Crippen molar-refractivity contribution in [2.45, 2.75) is 25.7 Å². The topological polar surface area (TPSA) is 63.3 Å². The van der Waals surface area contributed by atoms with Crippen LogP contribution in [0, 0.1) is 17.6 Å². The molecule has 0 amide bonds. The largest absolute Gasteiger partial charge is 0.481 e. The van der Waals surface area contributed by atoms with Gasteiger partial charge in [-0.3, -0.25) is 4.79 Å². The van der Waals surface area contributed by atoms with E-state index in [-0.39, 0.29) is 12.0 Å². The van der Waals surface area contributed by atoms with E-state index >= 15 is 0 Å². The van der Waals surface area contributed by atoms with Gasteiger partial charge in [0.15, 0.2) is 0 Å². The van der Waals surface area contributed by atoms with E-state index in [4.69, 9.17) is 10.8 Å². The SMILES string of the molecule is NCCCCC(Cc1cc(F)ccc1F)C(=O)O. The van der Waals surface area contributed by atoms with Crippen LogP contribution >= 0.6 is 0 Å². The molecule has 1 aromatic carbocycles. The number of halogens is 2. The second-order valence-electron chi connectivity index (χ2n) is 4.26. The van der Waals surface area contributed by atoms with Crippen molar-refractivity contribution in [3.05, 3.63) is 35.4 Å². The molecule has 3 nitrogen and oxygen atoms in total. The van der Waals surface area contributed by atoms with Crippen molar-refractivity contribution < 1.29 is 18.7 Å². The molecule has 0 bridgehead atoms. The van der Waals surface area contributed by atoms with Gasteiger partial charge >= 0.3 is 5.97 Å². The number of rotatable bonds is 7. The molecule has 1 rings (SSSR count). The Bertz CT molecular complexity index is 410. The number of hydrogen-bond acceptors (Lipinski definition) is 2. The quantitative estimate of drug-likeness (QED) is 0.737. The van der Waals surface area contributed by atoms with Crippen molar-refractivity contribution in [2.24, 2.45) is 11.7 Å². The van der Waals surface area contributed by atoms with Gasteiger partial charge in [-0.2, -0.15) is 0 Å². The van der Waals surface area contributed by atoms with Crippen LogP contribution in [0.5, 0.6) is 0 Å². The van der Waals surface area contributed by atoms with E-state index in [0.29, 0.717) is 19.4 Å². The Labute approximate surface area is 105 Å². The molecule has 0 aromatic heterocycles. The van der Waals surface area contributed by atoms with Crippen LogP contribution in [0.4, 0.5) is 8.78 Å². The lowest BCUT2D eigenvalue weighted by Crippen LogP contribution is -2.17. The molecule has 0 saturated heterocycles. The molecule has 0 spiro atoms. The van der Waals surface area contributed by atoms with Gasteiger partial charge in [-0.05, 0) is 49.6 Å². The second kappa shape index (κ2) is 7.06. The average Bonchev–Trinajstić information content (AvgIpc) is 2.32. The molecule has 0 radical (unpaired) electrons. The molecule has 0 aliphatic rings. The van der Waals surface area contributed by atoms with Crippen LogP contribution in [-0.4, -0.2) is 17.6 Å². The fourth-order valence-corrected chi connectivity index (χ4v) is 1.81. The first-order chi connectivity index (χ1) is 8.54. The molecule has 100 valence electrons. The Hall–Kier alpha value is -1.49. The number of nitrogens with two attached hydrogens (primary N) is 1. The van der Waals surface area contributed by atoms with Gasteiger partial charge in [0.1, 0.15) is 11.6 Å². The maximum atomic E-state index is 13.4. The third-order valence-electron chi connectivity index (χ3n) is 2.83. The Kier molecular flexibility index (Phi) is 5.71. The normalized spacial score (nSPS) is 12.4. The minimum Gasteiger partial charge on any atom is -0.481 e. The summed E-state index contributed by atoms with van der Waals surface area (Å²) in [6.07, 6.45) is 1.83. The Morgan fingerprint density at radius 1 is 1.33 bits per heavy atom. The van der Waals surface area contributed by atoms with E-state index < -0.39 is 23.5 Å². The van der Waals surface area contributed by atoms with Crippen LogP contribution in [0.15, 0.2) is 18.2 Å². The monoisotopic (exact) mass is 257 g/mol. The molecule has 5 heteroatoms. The van der Waals surface area contributed by atoms with Crippen molar-refractivity contribution in [3.8, 4) is 0 Å². The Morgan fingerprint density at radius 2 is 2.06 bits per heavy atom. The zero-order valence-corrected chi connectivity index (χ0v) is 10.0. The lowest BCUT2D eigenvalue weighted by molar-refractivity contribution is -0.142. The number of carbonyl (C=O) groups is 1. The summed E-state index contributed by atoms with van der Waals surface area (Å²) in [4.78, 5) is 11.0. The van der Waals surface area contributed by atoms with Crippen molar-refractivity contribution in [2.75, 3.05) is 6.54 Å². The highest BCUT2D eigenvalue weighted by molar-refractivity contribution is 5.70. The van der Waals surface area contributed by atoms with Gasteiger partial charge in [-0.25, -0.2) is 8.78 Å². The molecule has 18 heavy (non-hydrogen) atoms. The highest BCUT2D eigenvalue weighted by atomic mass is 19.1. The third kappa shape index (κ3) is 4.41. The summed E-state index contributed by atoms with van der Waals surface area (Å²) in [6.45, 7) is 0.501. The third-order valence-corrected chi connectivity index (χ3v) is 2.83. The summed E-state index contributed by atoms with van der Waals surface area (Å²) < 4.78 is 26.4. The van der Waals surface area contributed by atoms with Crippen LogP contribution < -0.4 is 5.73 Å². The minimum absolute atomic E-state index is 0.00347. The lowest BCUT2D eigenvalue weighted by atomic mass is 9.94. The van der Waals surface area contributed by atoms with Crippen LogP contribution in [-0.2, 0) is 11.2 Å². The molecule has 0 saturated carbocycles. The number of benzene rings is 1. The molecule has 1 unspecified atom stereocenters. The number of carboxylic acids is 1. The first-order valence-electron chi connectivity index (χ1n) is 5.91. The smallest absolute Gasteiger partial charge is 0.306 e. The van der Waals surface area contributed by atoms with E-state index in [1.54, 1.807) is 0 Å². The molecule has 3 N–H and O–H groups in total. The van der Waals surface area contributed by atoms with Gasteiger partial charge in [-0.15, -0.1) is 0 Å². The summed E-state index contributed by atoms with van der Waals surface area (Å²) in [6, 6.07) is 3.08. The first-order valence-corrected chi connectivity index (χ1v) is 5.91. The molecule has 1 atom stereocenters. The summed E-state index contributed by atoms with van der Waals surface area (Å²) in [7, 11) is 0. The van der Waals surface area contributed by atoms with E-state index in [2.05, 4.69) is 0 Å². The predicted octanol–water partition coefficient (Wildman–Crippen LogP) is 2.34. The van der Waals surface area contributed by atoms with E-state index in [1.807, 2.05) is 0 Å². The standard InChI is InChI=1S/C13H17F2NO2/c14-11-4-5-12(15)10(8-11)7-9(13(17)18)3-1-2-6-16/h4-5,8-9H,1-3,6-7,16H2,(H,17,18). The Balaban J connectivity index is 2.70. The maximum Gasteiger partial charge on any atom is 0.306 e. The van der Waals surface area contributed by atoms with Crippen molar-refractivity contribution in [3.63, 3.8) is 0 Å². The second-order valence-corrected chi connectivity index (χ2v) is 4.26. The van der Waals surface area contributed by atoms with Gasteiger partial charge in [0, 0.05) is 0 Å². The van der Waals surface area contributed by atoms with Gasteiger partial charge < -0.3 is 10.8 Å². The highest BCUT2D eigenvalue weighted by Gasteiger charge is 2.19. The molecule has 0 fully saturated rings. The number of hydrogen-bond donors (Lipinski definition) is 2. The molecule has 0 aliphatic carbocycles. The zero-order chi connectivity index (χ0) is 13.5. The summed E-state index contributed by atoms with van der Waals surface area (Å²) in [5, 5.41) is 9.05. The predicted molar refractivity (Wildman–Crippen MR) is 64.1 cm³/mol. The summed E-state index contributed by atoms with van der Waals surface area (Å²) in [5.41, 5.74) is 5.44. The molecule has 0 aliphatic heterocycles. The molecular weight excluding hydrogens is 240 g/mol. The summed E-state index contributed by atoms with van der Waals surface area (Å²) >= 11 is 0. The number of unbranched alkanes of at least 4 members (excludes halogenated alkanes) is 1. The highest BCUT2D eigenvalue weighted by Crippen LogP contribution is 2.19. The van der Waals surface area contributed by atoms with Crippen LogP contribution in [0.2, 0.25) is 0 Å². The fourth-order valence-electron chi connectivity index (χ4n) is 1.81. The average molecular weight is 257 g/mol. The lowest BCUT2D eigenvalue weighted by Gasteiger charge is -2.12. The molecular formula is C13H17F2NO2. The van der Waals surface area contributed by atoms with Crippen molar-refractivity contribution in [1.82, 2.24) is 0 Å². The molecule has 0 heterocycles. The van der Waals surface area contributed by atoms with Gasteiger partial charge in [0.2, 0.25) is 0 Å². The van der Waals surface area contributed by atoms with E-state index in [1.165, 1.54) is 0 Å². The van der Waals surface area contributed by atoms with Gasteiger partial charge in [-0.1, -0.05) is 6.42 Å². The van der Waals surface area contributed by atoms with Crippen LogP contribution in [0.1, 0.15) is 24.8 Å². The fraction of sp³-hybridized carbons (Fsp3) is 0.462. The van der Waals surface area contributed by atoms with Crippen molar-refractivity contribution >= 4 is 5.97 Å². The number of carboxylic acid groups (broad SMARTS) is 1. The van der Waals surface area contributed by atoms with E-state index in [9.17, 15) is 13.6 Å². The van der Waals surface area contributed by atoms with Gasteiger partial charge in [0.05, 0.1) is 5.92 Å². The maximum absolute atomic E-state index is 13.4. The van der Waals surface area contributed by atoms with Crippen molar-refractivity contribution in [1.29, 1.82) is 0 Å². The van der Waals surface area contributed by atoms with Crippen LogP contribution in [0.3, 0.4) is 0 Å².